The number of benzene rings is 2. The number of nitrogens with one attached hydrogen (secondary N) is 5. The normalized spacial score (nSPS) is 12.3. The zero-order chi connectivity index (χ0) is 38.7. The molecule has 6 N–H and O–H groups in total. The molecule has 1 aliphatic heterocycles. The van der Waals surface area contributed by atoms with Gasteiger partial charge in [0.2, 0.25) is 35.4 Å². The molecule has 17 nitrogen and oxygen atoms in total. The van der Waals surface area contributed by atoms with Gasteiger partial charge in [0, 0.05) is 35.9 Å². The highest BCUT2D eigenvalue weighted by Gasteiger charge is 2.30. The van der Waals surface area contributed by atoms with E-state index in [1.807, 2.05) is 67.1 Å². The van der Waals surface area contributed by atoms with Gasteiger partial charge in [0.05, 0.1) is 50.7 Å². The summed E-state index contributed by atoms with van der Waals surface area (Å²) in [4.78, 5) is 88.3. The van der Waals surface area contributed by atoms with Crippen molar-refractivity contribution in [3.8, 4) is 22.5 Å². The van der Waals surface area contributed by atoms with Crippen LogP contribution in [0.2, 0.25) is 0 Å². The Morgan fingerprint density at radius 2 is 1.26 bits per heavy atom. The third-order valence-corrected chi connectivity index (χ3v) is 8.32. The van der Waals surface area contributed by atoms with E-state index in [0.717, 1.165) is 22.4 Å². The number of aliphatic hydroxyl groups excluding tert-OH is 1. The first kappa shape index (κ1) is 39.8. The fourth-order valence-electron chi connectivity index (χ4n) is 5.57. The number of Topliss-reactive ketones (excluding diaryl/α,β-unsaturated/α-hetero) is 1. The fourth-order valence-corrected chi connectivity index (χ4v) is 5.57. The van der Waals surface area contributed by atoms with E-state index in [1.165, 1.54) is 0 Å². The van der Waals surface area contributed by atoms with Crippen molar-refractivity contribution < 1.29 is 38.7 Å². The van der Waals surface area contributed by atoms with Crippen molar-refractivity contribution in [1.82, 2.24) is 41.6 Å². The Morgan fingerprint density at radius 1 is 0.717 bits per heavy atom. The smallest absolute Gasteiger partial charge is 0.240 e. The summed E-state index contributed by atoms with van der Waals surface area (Å²) in [7, 11) is 0. The molecule has 282 valence electrons. The molecule has 0 saturated heterocycles. The molecular formula is C36H45N9O8. The molecule has 17 heteroatoms. The van der Waals surface area contributed by atoms with Crippen LogP contribution in [0.1, 0.15) is 52.1 Å². The van der Waals surface area contributed by atoms with E-state index in [0.29, 0.717) is 11.4 Å². The van der Waals surface area contributed by atoms with Gasteiger partial charge in [0.15, 0.2) is 5.78 Å². The number of aliphatic hydroxyl groups is 1. The molecule has 0 aliphatic carbocycles. The molecule has 2 heterocycles. The van der Waals surface area contributed by atoms with Crippen molar-refractivity contribution in [2.75, 3.05) is 37.7 Å². The van der Waals surface area contributed by atoms with Gasteiger partial charge in [-0.3, -0.25) is 33.6 Å². The number of amides is 6. The van der Waals surface area contributed by atoms with Crippen LogP contribution in [-0.2, 0) is 40.1 Å². The molecule has 0 spiro atoms. The van der Waals surface area contributed by atoms with Crippen LogP contribution in [0.15, 0.2) is 48.5 Å². The number of anilines is 1. The van der Waals surface area contributed by atoms with Gasteiger partial charge in [-0.2, -0.15) is 0 Å². The van der Waals surface area contributed by atoms with Gasteiger partial charge < -0.3 is 36.6 Å². The summed E-state index contributed by atoms with van der Waals surface area (Å²) in [6, 6.07) is 14.1. The predicted octanol–water partition coefficient (Wildman–Crippen LogP) is -0.0132. The fraction of sp³-hybridized carbons (Fsp3) is 0.417. The lowest BCUT2D eigenvalue weighted by Gasteiger charge is -2.28. The zero-order valence-corrected chi connectivity index (χ0v) is 30.1. The van der Waals surface area contributed by atoms with Gasteiger partial charge in [-0.15, -0.1) is 5.10 Å². The molecule has 6 amide bonds. The Kier molecular flexibility index (Phi) is 13.9. The molecule has 0 radical (unpaired) electrons. The topological polar surface area (TPSA) is 234 Å². The Balaban J connectivity index is 1.22. The van der Waals surface area contributed by atoms with E-state index in [9.17, 15) is 38.7 Å². The van der Waals surface area contributed by atoms with Crippen LogP contribution >= 0.6 is 0 Å². The molecule has 0 bridgehead atoms. The van der Waals surface area contributed by atoms with Gasteiger partial charge >= 0.3 is 0 Å². The van der Waals surface area contributed by atoms with E-state index in [1.54, 1.807) is 18.7 Å². The molecule has 1 atom stereocenters. The molecular weight excluding hydrogens is 686 g/mol. The number of aromatic nitrogens is 3. The summed E-state index contributed by atoms with van der Waals surface area (Å²) in [6.45, 7) is 5.06. The van der Waals surface area contributed by atoms with Crippen molar-refractivity contribution in [3.05, 3.63) is 54.1 Å². The minimum absolute atomic E-state index is 0.0464. The van der Waals surface area contributed by atoms with E-state index in [4.69, 9.17) is 0 Å². The van der Waals surface area contributed by atoms with E-state index >= 15 is 0 Å². The quantitative estimate of drug-likeness (QED) is 0.115. The Morgan fingerprint density at radius 3 is 1.85 bits per heavy atom. The zero-order valence-electron chi connectivity index (χ0n) is 30.1. The Labute approximate surface area is 306 Å². The predicted molar refractivity (Wildman–Crippen MR) is 193 cm³/mol. The number of nitrogens with zero attached hydrogens (tertiary/aromatic N) is 4. The number of carbonyl (C=O) groups is 7. The maximum absolute atomic E-state index is 13.7. The molecule has 0 saturated carbocycles. The number of hydrogen-bond acceptors (Lipinski definition) is 10. The number of ketones is 1. The highest BCUT2D eigenvalue weighted by Crippen LogP contribution is 2.41. The van der Waals surface area contributed by atoms with Gasteiger partial charge in [-0.05, 0) is 25.5 Å². The summed E-state index contributed by atoms with van der Waals surface area (Å²) >= 11 is 0. The lowest BCUT2D eigenvalue weighted by atomic mass is 9.95. The molecule has 3 aromatic rings. The Bertz CT molecular complexity index is 1860. The molecule has 4 rings (SSSR count). The first-order valence-electron chi connectivity index (χ1n) is 17.2. The van der Waals surface area contributed by atoms with E-state index in [2.05, 4.69) is 36.9 Å². The van der Waals surface area contributed by atoms with Crippen molar-refractivity contribution in [2.24, 2.45) is 5.92 Å². The van der Waals surface area contributed by atoms with Gasteiger partial charge in [-0.25, -0.2) is 4.68 Å². The minimum Gasteiger partial charge on any atom is -0.394 e. The largest absolute Gasteiger partial charge is 0.394 e. The second kappa shape index (κ2) is 18.5. The standard InChI is InChI=1S/C36H45N9O8/c1-21(2)36(53)26(20-46)41-32(51)18-40-31(50)17-39-30(49)16-38-29(48)15-37-28(47)13-14-33(52)44-19-23-9-5-6-10-24(23)35-34(42-43-45(35)22(3)4)25-11-7-8-12-27(25)44/h5-12,21-22,26,46H,13-20H2,1-4H3,(H,37,47)(H,38,48)(H,39,49)(H,40,50)(H,41,51)/t26-/m0/s1. The number of hydrogen-bond donors (Lipinski definition) is 6. The van der Waals surface area contributed by atoms with Crippen LogP contribution in [0.25, 0.3) is 22.5 Å². The number of carbonyl (C=O) groups excluding carboxylic acids is 7. The number of fused-ring (bicyclic) bond motifs is 5. The van der Waals surface area contributed by atoms with Crippen molar-refractivity contribution >= 4 is 46.9 Å². The lowest BCUT2D eigenvalue weighted by molar-refractivity contribution is -0.131. The van der Waals surface area contributed by atoms with Crippen LogP contribution < -0.4 is 31.5 Å². The third kappa shape index (κ3) is 10.5. The monoisotopic (exact) mass is 731 g/mol. The van der Waals surface area contributed by atoms with Gasteiger partial charge in [0.25, 0.3) is 0 Å². The maximum Gasteiger partial charge on any atom is 0.240 e. The third-order valence-electron chi connectivity index (χ3n) is 8.32. The average Bonchev–Trinajstić information content (AvgIpc) is 3.59. The van der Waals surface area contributed by atoms with Crippen LogP contribution in [0.4, 0.5) is 5.69 Å². The van der Waals surface area contributed by atoms with Crippen LogP contribution in [0.5, 0.6) is 0 Å². The van der Waals surface area contributed by atoms with Gasteiger partial charge in [0.1, 0.15) is 11.7 Å². The second-order valence-electron chi connectivity index (χ2n) is 12.9. The summed E-state index contributed by atoms with van der Waals surface area (Å²) in [5.41, 5.74) is 4.68. The number of rotatable bonds is 16. The molecule has 1 aromatic heterocycles. The van der Waals surface area contributed by atoms with Crippen molar-refractivity contribution in [1.29, 1.82) is 0 Å². The van der Waals surface area contributed by atoms with E-state index < -0.39 is 74.3 Å². The molecule has 1 aliphatic rings. The summed E-state index contributed by atoms with van der Waals surface area (Å²) < 4.78 is 1.87. The SMILES string of the molecule is CC(C)C(=O)[C@H](CO)NC(=O)CNC(=O)CNC(=O)CNC(=O)CNC(=O)CCC(=O)N1Cc2ccccc2-c2c(nnn2C(C)C)-c2ccccc21. The van der Waals surface area contributed by atoms with Crippen molar-refractivity contribution in [2.45, 2.75) is 59.2 Å². The molecule has 2 aromatic carbocycles. The highest BCUT2D eigenvalue weighted by atomic mass is 16.3. The van der Waals surface area contributed by atoms with Crippen LogP contribution in [0, 0.1) is 5.92 Å². The first-order chi connectivity index (χ1) is 25.3. The van der Waals surface area contributed by atoms with Crippen molar-refractivity contribution in [3.63, 3.8) is 0 Å². The highest BCUT2D eigenvalue weighted by molar-refractivity contribution is 6.01. The van der Waals surface area contributed by atoms with Gasteiger partial charge in [-0.1, -0.05) is 61.5 Å². The molecule has 0 fully saturated rings. The summed E-state index contributed by atoms with van der Waals surface area (Å²) in [6.07, 6.45) is -0.330. The number of para-hydroxylation sites is 1. The lowest BCUT2D eigenvalue weighted by Crippen LogP contribution is -2.49. The second-order valence-corrected chi connectivity index (χ2v) is 12.9. The molecule has 0 unspecified atom stereocenters. The van der Waals surface area contributed by atoms with Crippen LogP contribution in [-0.4, -0.2) is 100 Å². The molecule has 53 heavy (non-hydrogen) atoms. The minimum atomic E-state index is -1.09. The maximum atomic E-state index is 13.7. The summed E-state index contributed by atoms with van der Waals surface area (Å²) in [5, 5.41) is 29.9. The summed E-state index contributed by atoms with van der Waals surface area (Å²) in [5.74, 6) is -4.39. The Hall–Kier alpha value is -5.97. The van der Waals surface area contributed by atoms with E-state index in [-0.39, 0.29) is 37.1 Å². The average molecular weight is 732 g/mol. The van der Waals surface area contributed by atoms with Crippen LogP contribution in [0.3, 0.4) is 0 Å². The first-order valence-corrected chi connectivity index (χ1v) is 17.2.